The standard InChI is InChI=1S/C12H7ClN6S2/c1-19-10(8-4-2-3-5-15-8)16-17-12(19)20-11-7(6-14)9(13)18-21-11/h2-5H,1H3. The van der Waals surface area contributed by atoms with Gasteiger partial charge >= 0.3 is 0 Å². The van der Waals surface area contributed by atoms with Crippen molar-refractivity contribution in [3.05, 3.63) is 35.1 Å². The van der Waals surface area contributed by atoms with E-state index in [0.29, 0.717) is 20.8 Å². The van der Waals surface area contributed by atoms with Gasteiger partial charge in [-0.3, -0.25) is 4.98 Å². The van der Waals surface area contributed by atoms with E-state index in [1.54, 1.807) is 6.20 Å². The minimum atomic E-state index is 0.220. The Morgan fingerprint density at radius 2 is 2.24 bits per heavy atom. The molecule has 0 unspecified atom stereocenters. The summed E-state index contributed by atoms with van der Waals surface area (Å²) in [5, 5.41) is 18.2. The van der Waals surface area contributed by atoms with Gasteiger partial charge in [0.05, 0.1) is 0 Å². The molecule has 9 heteroatoms. The summed E-state index contributed by atoms with van der Waals surface area (Å²) in [5.41, 5.74) is 1.11. The Hall–Kier alpha value is -1.95. The highest BCUT2D eigenvalue weighted by Gasteiger charge is 2.18. The third kappa shape index (κ3) is 2.63. The lowest BCUT2D eigenvalue weighted by atomic mass is 10.3. The van der Waals surface area contributed by atoms with E-state index >= 15 is 0 Å². The maximum atomic E-state index is 9.08. The summed E-state index contributed by atoms with van der Waals surface area (Å²) in [7, 11) is 1.85. The molecule has 0 saturated heterocycles. The van der Waals surface area contributed by atoms with Crippen LogP contribution in [0, 0.1) is 11.3 Å². The summed E-state index contributed by atoms with van der Waals surface area (Å²) >= 11 is 8.35. The molecule has 0 saturated carbocycles. The minimum absolute atomic E-state index is 0.220. The number of halogens is 1. The highest BCUT2D eigenvalue weighted by molar-refractivity contribution is 8.01. The quantitative estimate of drug-likeness (QED) is 0.732. The molecule has 104 valence electrons. The van der Waals surface area contributed by atoms with Crippen LogP contribution < -0.4 is 0 Å². The number of aromatic nitrogens is 5. The molecule has 0 aliphatic heterocycles. The molecule has 0 N–H and O–H groups in total. The van der Waals surface area contributed by atoms with Crippen LogP contribution in [0.25, 0.3) is 11.5 Å². The van der Waals surface area contributed by atoms with E-state index in [9.17, 15) is 0 Å². The Labute approximate surface area is 133 Å². The first-order valence-corrected chi connectivity index (χ1v) is 7.71. The molecule has 0 aliphatic carbocycles. The van der Waals surface area contributed by atoms with Crippen molar-refractivity contribution in [1.29, 1.82) is 5.26 Å². The third-order valence-corrected chi connectivity index (χ3v) is 5.06. The molecular weight excluding hydrogens is 328 g/mol. The average molecular weight is 335 g/mol. The van der Waals surface area contributed by atoms with Crippen LogP contribution in [-0.4, -0.2) is 24.1 Å². The molecule has 0 radical (unpaired) electrons. The van der Waals surface area contributed by atoms with Crippen molar-refractivity contribution in [2.75, 3.05) is 0 Å². The van der Waals surface area contributed by atoms with Gasteiger partial charge in [0.15, 0.2) is 16.1 Å². The second kappa shape index (κ2) is 5.81. The van der Waals surface area contributed by atoms with Gasteiger partial charge in [0, 0.05) is 13.2 Å². The van der Waals surface area contributed by atoms with Crippen LogP contribution in [0.3, 0.4) is 0 Å². The molecule has 0 amide bonds. The van der Waals surface area contributed by atoms with Crippen LogP contribution in [0.5, 0.6) is 0 Å². The van der Waals surface area contributed by atoms with E-state index in [4.69, 9.17) is 16.9 Å². The molecule has 3 aromatic rings. The summed E-state index contributed by atoms with van der Waals surface area (Å²) in [6, 6.07) is 7.64. The fourth-order valence-corrected chi connectivity index (χ4v) is 3.66. The van der Waals surface area contributed by atoms with Crippen molar-refractivity contribution < 1.29 is 0 Å². The van der Waals surface area contributed by atoms with Gasteiger partial charge in [0.1, 0.15) is 21.5 Å². The average Bonchev–Trinajstić information content (AvgIpc) is 3.04. The SMILES string of the molecule is Cn1c(Sc2snc(Cl)c2C#N)nnc1-c1ccccn1. The van der Waals surface area contributed by atoms with Crippen LogP contribution in [0.15, 0.2) is 33.8 Å². The van der Waals surface area contributed by atoms with Gasteiger partial charge in [0.2, 0.25) is 0 Å². The second-order valence-electron chi connectivity index (χ2n) is 3.93. The Morgan fingerprint density at radius 1 is 1.38 bits per heavy atom. The van der Waals surface area contributed by atoms with E-state index in [1.165, 1.54) is 23.3 Å². The second-order valence-corrected chi connectivity index (χ2v) is 6.30. The van der Waals surface area contributed by atoms with E-state index in [0.717, 1.165) is 5.69 Å². The summed E-state index contributed by atoms with van der Waals surface area (Å²) in [4.78, 5) is 4.25. The molecule has 0 spiro atoms. The lowest BCUT2D eigenvalue weighted by molar-refractivity contribution is 0.793. The fraction of sp³-hybridized carbons (Fsp3) is 0.0833. The van der Waals surface area contributed by atoms with E-state index < -0.39 is 0 Å². The first kappa shape index (κ1) is 14.0. The molecule has 6 nitrogen and oxygen atoms in total. The molecule has 0 bridgehead atoms. The van der Waals surface area contributed by atoms with Crippen LogP contribution in [0.2, 0.25) is 5.15 Å². The lowest BCUT2D eigenvalue weighted by Gasteiger charge is -2.01. The smallest absolute Gasteiger partial charge is 0.196 e. The molecule has 0 atom stereocenters. The van der Waals surface area contributed by atoms with Gasteiger partial charge in [-0.2, -0.15) is 9.64 Å². The lowest BCUT2D eigenvalue weighted by Crippen LogP contribution is -1.95. The fourth-order valence-electron chi connectivity index (χ4n) is 1.62. The molecular formula is C12H7ClN6S2. The molecule has 3 heterocycles. The van der Waals surface area contributed by atoms with Crippen molar-refractivity contribution >= 4 is 34.9 Å². The summed E-state index contributed by atoms with van der Waals surface area (Å²) in [5.74, 6) is 0.659. The van der Waals surface area contributed by atoms with Gasteiger partial charge in [-0.1, -0.05) is 17.7 Å². The first-order chi connectivity index (χ1) is 10.2. The normalized spacial score (nSPS) is 10.5. The van der Waals surface area contributed by atoms with Crippen molar-refractivity contribution in [2.24, 2.45) is 7.05 Å². The maximum absolute atomic E-state index is 9.08. The van der Waals surface area contributed by atoms with Gasteiger partial charge < -0.3 is 4.57 Å². The Kier molecular flexibility index (Phi) is 3.88. The molecule has 0 aromatic carbocycles. The topological polar surface area (TPSA) is 80.3 Å². The molecule has 21 heavy (non-hydrogen) atoms. The van der Waals surface area contributed by atoms with Crippen molar-refractivity contribution in [3.8, 4) is 17.6 Å². The Balaban J connectivity index is 1.95. The van der Waals surface area contributed by atoms with Crippen LogP contribution >= 0.6 is 34.9 Å². The number of hydrogen-bond donors (Lipinski definition) is 0. The zero-order valence-electron chi connectivity index (χ0n) is 10.7. The summed E-state index contributed by atoms with van der Waals surface area (Å²) in [6.45, 7) is 0. The van der Waals surface area contributed by atoms with Crippen LogP contribution in [0.1, 0.15) is 5.56 Å². The van der Waals surface area contributed by atoms with Crippen LogP contribution in [0.4, 0.5) is 0 Å². The van der Waals surface area contributed by atoms with Gasteiger partial charge in [-0.25, -0.2) is 0 Å². The predicted octanol–water partition coefficient (Wildman–Crippen LogP) is 3.01. The molecule has 0 aliphatic rings. The van der Waals surface area contributed by atoms with E-state index in [-0.39, 0.29) is 5.15 Å². The summed E-state index contributed by atoms with van der Waals surface area (Å²) in [6.07, 6.45) is 1.70. The number of rotatable bonds is 3. The predicted molar refractivity (Wildman–Crippen MR) is 80.2 cm³/mol. The highest BCUT2D eigenvalue weighted by Crippen LogP contribution is 2.36. The van der Waals surface area contributed by atoms with Gasteiger partial charge in [-0.05, 0) is 35.4 Å². The zero-order chi connectivity index (χ0) is 14.8. The van der Waals surface area contributed by atoms with Gasteiger partial charge in [0.25, 0.3) is 0 Å². The van der Waals surface area contributed by atoms with Crippen molar-refractivity contribution in [1.82, 2.24) is 24.1 Å². The number of pyridine rings is 1. The number of hydrogen-bond acceptors (Lipinski definition) is 7. The monoisotopic (exact) mass is 334 g/mol. The Morgan fingerprint density at radius 3 is 2.95 bits per heavy atom. The zero-order valence-corrected chi connectivity index (χ0v) is 13.1. The number of nitrogens with zero attached hydrogens (tertiary/aromatic N) is 6. The van der Waals surface area contributed by atoms with Crippen LogP contribution in [-0.2, 0) is 7.05 Å². The molecule has 0 fully saturated rings. The van der Waals surface area contributed by atoms with E-state index in [1.807, 2.05) is 35.9 Å². The van der Waals surface area contributed by atoms with Gasteiger partial charge in [-0.15, -0.1) is 10.2 Å². The maximum Gasteiger partial charge on any atom is 0.196 e. The van der Waals surface area contributed by atoms with E-state index in [2.05, 4.69) is 19.6 Å². The van der Waals surface area contributed by atoms with Crippen molar-refractivity contribution in [3.63, 3.8) is 0 Å². The summed E-state index contributed by atoms with van der Waals surface area (Å²) < 4.78 is 6.49. The minimum Gasteiger partial charge on any atom is -0.304 e. The molecule has 3 rings (SSSR count). The Bertz CT molecular complexity index is 820. The third-order valence-electron chi connectivity index (χ3n) is 2.64. The molecule has 3 aromatic heterocycles. The highest BCUT2D eigenvalue weighted by atomic mass is 35.5. The first-order valence-electron chi connectivity index (χ1n) is 5.74. The van der Waals surface area contributed by atoms with Crippen molar-refractivity contribution in [2.45, 2.75) is 9.37 Å². The number of nitriles is 1. The largest absolute Gasteiger partial charge is 0.304 e.